The number of hydrogen-bond acceptors (Lipinski definition) is 1. The van der Waals surface area contributed by atoms with Crippen LogP contribution >= 0.6 is 0 Å². The summed E-state index contributed by atoms with van der Waals surface area (Å²) in [4.78, 5) is 16.0. The highest BCUT2D eigenvalue weighted by Gasteiger charge is 2.10. The molecule has 1 heterocycles. The first-order valence-electron chi connectivity index (χ1n) is 8.23. The van der Waals surface area contributed by atoms with Crippen LogP contribution in [0.15, 0.2) is 40.7 Å². The number of para-hydroxylation sites is 1. The highest BCUT2D eigenvalue weighted by molar-refractivity contribution is 5.79. The summed E-state index contributed by atoms with van der Waals surface area (Å²) in [5.41, 5.74) is 4.48. The Hall–Kier alpha value is -1.83. The van der Waals surface area contributed by atoms with Crippen LogP contribution < -0.4 is 5.43 Å². The van der Waals surface area contributed by atoms with E-state index in [-0.39, 0.29) is 5.43 Å². The molecule has 2 heteroatoms. The van der Waals surface area contributed by atoms with Crippen LogP contribution in [-0.4, -0.2) is 4.98 Å². The van der Waals surface area contributed by atoms with Crippen LogP contribution in [0.1, 0.15) is 51.3 Å². The second-order valence-corrected chi connectivity index (χ2v) is 6.61. The summed E-state index contributed by atoms with van der Waals surface area (Å²) in [5.74, 6) is 0.640. The van der Waals surface area contributed by atoms with Crippen LogP contribution in [0.25, 0.3) is 10.9 Å². The third-order valence-electron chi connectivity index (χ3n) is 4.32. The van der Waals surface area contributed by atoms with E-state index in [0.29, 0.717) is 5.92 Å². The van der Waals surface area contributed by atoms with Gasteiger partial charge < -0.3 is 4.98 Å². The summed E-state index contributed by atoms with van der Waals surface area (Å²) >= 11 is 0. The molecule has 0 amide bonds. The van der Waals surface area contributed by atoms with E-state index in [1.807, 2.05) is 31.2 Å². The fourth-order valence-electron chi connectivity index (χ4n) is 2.89. The number of aromatic nitrogens is 1. The van der Waals surface area contributed by atoms with Crippen molar-refractivity contribution in [2.45, 2.75) is 53.4 Å². The zero-order valence-corrected chi connectivity index (χ0v) is 14.2. The van der Waals surface area contributed by atoms with E-state index >= 15 is 0 Å². The molecule has 0 saturated carbocycles. The molecule has 0 aliphatic heterocycles. The van der Waals surface area contributed by atoms with Gasteiger partial charge in [-0.15, -0.1) is 0 Å². The lowest BCUT2D eigenvalue weighted by molar-refractivity contribution is 0.495. The Kier molecular flexibility index (Phi) is 5.59. The average molecular weight is 297 g/mol. The molecule has 0 aliphatic rings. The van der Waals surface area contributed by atoms with Crippen molar-refractivity contribution < 1.29 is 0 Å². The van der Waals surface area contributed by atoms with Crippen LogP contribution in [0, 0.1) is 12.8 Å². The number of aryl methyl sites for hydroxylation is 1. The largest absolute Gasteiger partial charge is 0.358 e. The number of rotatable bonds is 6. The number of hydrogen-bond donors (Lipinski definition) is 1. The molecular formula is C20H27NO. The Morgan fingerprint density at radius 3 is 2.68 bits per heavy atom. The lowest BCUT2D eigenvalue weighted by atomic mass is 9.95. The number of H-pyrrole nitrogens is 1. The molecule has 1 N–H and O–H groups in total. The van der Waals surface area contributed by atoms with Crippen molar-refractivity contribution in [3.8, 4) is 0 Å². The molecule has 2 aromatic rings. The molecule has 1 atom stereocenters. The topological polar surface area (TPSA) is 32.9 Å². The van der Waals surface area contributed by atoms with Crippen molar-refractivity contribution in [1.29, 1.82) is 0 Å². The van der Waals surface area contributed by atoms with E-state index in [4.69, 9.17) is 0 Å². The molecule has 0 bridgehead atoms. The minimum Gasteiger partial charge on any atom is -0.358 e. The van der Waals surface area contributed by atoms with Crippen LogP contribution in [0.5, 0.6) is 0 Å². The van der Waals surface area contributed by atoms with Crippen LogP contribution in [0.3, 0.4) is 0 Å². The molecular weight excluding hydrogens is 270 g/mol. The second kappa shape index (κ2) is 7.44. The van der Waals surface area contributed by atoms with Gasteiger partial charge in [0.25, 0.3) is 0 Å². The van der Waals surface area contributed by atoms with Crippen LogP contribution in [0.2, 0.25) is 0 Å². The predicted octanol–water partition coefficient (Wildman–Crippen LogP) is 5.15. The number of pyridine rings is 1. The summed E-state index contributed by atoms with van der Waals surface area (Å²) in [6, 6.07) is 7.77. The molecule has 1 aromatic carbocycles. The van der Waals surface area contributed by atoms with Gasteiger partial charge in [0.05, 0.1) is 0 Å². The zero-order chi connectivity index (χ0) is 16.1. The predicted molar refractivity (Wildman–Crippen MR) is 95.5 cm³/mol. The van der Waals surface area contributed by atoms with Gasteiger partial charge in [-0.3, -0.25) is 4.79 Å². The maximum absolute atomic E-state index is 12.6. The van der Waals surface area contributed by atoms with Crippen molar-refractivity contribution in [2.24, 2.45) is 5.92 Å². The van der Waals surface area contributed by atoms with Gasteiger partial charge in [-0.05, 0) is 64.5 Å². The van der Waals surface area contributed by atoms with Gasteiger partial charge in [-0.1, -0.05) is 30.7 Å². The van der Waals surface area contributed by atoms with E-state index in [2.05, 4.69) is 31.8 Å². The standard InChI is InChI=1S/C20H27NO/c1-14(2)8-7-9-15(3)12-13-17-16(4)21-19-11-6-5-10-18(19)20(17)22/h5-6,8,10-11,15H,7,9,12-13H2,1-4H3,(H,21,22)/t15-/m1/s1. The van der Waals surface area contributed by atoms with Crippen molar-refractivity contribution >= 4 is 10.9 Å². The van der Waals surface area contributed by atoms with Gasteiger partial charge in [0.1, 0.15) is 0 Å². The van der Waals surface area contributed by atoms with Crippen LogP contribution in [0.4, 0.5) is 0 Å². The van der Waals surface area contributed by atoms with Crippen LogP contribution in [-0.2, 0) is 6.42 Å². The molecule has 118 valence electrons. The average Bonchev–Trinajstić information content (AvgIpc) is 2.46. The number of aromatic amines is 1. The van der Waals surface area contributed by atoms with Crippen molar-refractivity contribution in [1.82, 2.24) is 4.98 Å². The third kappa shape index (κ3) is 4.09. The number of allylic oxidation sites excluding steroid dienone is 2. The van der Waals surface area contributed by atoms with E-state index in [9.17, 15) is 4.79 Å². The van der Waals surface area contributed by atoms with Gasteiger partial charge in [-0.2, -0.15) is 0 Å². The Bertz CT molecular complexity index is 720. The van der Waals surface area contributed by atoms with Crippen molar-refractivity contribution in [3.05, 3.63) is 57.4 Å². The smallest absolute Gasteiger partial charge is 0.192 e. The molecule has 0 fully saturated rings. The summed E-state index contributed by atoms with van der Waals surface area (Å²) in [6.45, 7) is 8.58. The summed E-state index contributed by atoms with van der Waals surface area (Å²) in [5, 5.41) is 0.806. The first-order valence-corrected chi connectivity index (χ1v) is 8.23. The Balaban J connectivity index is 2.08. The summed E-state index contributed by atoms with van der Waals surface area (Å²) in [6.07, 6.45) is 6.55. The van der Waals surface area contributed by atoms with Gasteiger partial charge in [0.2, 0.25) is 0 Å². The lowest BCUT2D eigenvalue weighted by Gasteiger charge is -2.12. The molecule has 0 radical (unpaired) electrons. The maximum Gasteiger partial charge on any atom is 0.192 e. The minimum absolute atomic E-state index is 0.198. The Morgan fingerprint density at radius 2 is 1.95 bits per heavy atom. The molecule has 0 unspecified atom stereocenters. The highest BCUT2D eigenvalue weighted by atomic mass is 16.1. The lowest BCUT2D eigenvalue weighted by Crippen LogP contribution is -2.14. The number of nitrogens with one attached hydrogen (secondary N) is 1. The first kappa shape index (κ1) is 16.5. The normalized spacial score (nSPS) is 12.4. The molecule has 2 nitrogen and oxygen atoms in total. The minimum atomic E-state index is 0.198. The van der Waals surface area contributed by atoms with Crippen molar-refractivity contribution in [3.63, 3.8) is 0 Å². The molecule has 22 heavy (non-hydrogen) atoms. The molecule has 0 spiro atoms. The fourth-order valence-corrected chi connectivity index (χ4v) is 2.89. The van der Waals surface area contributed by atoms with Gasteiger partial charge in [-0.25, -0.2) is 0 Å². The van der Waals surface area contributed by atoms with Gasteiger partial charge >= 0.3 is 0 Å². The molecule has 1 aromatic heterocycles. The highest BCUT2D eigenvalue weighted by Crippen LogP contribution is 2.17. The molecule has 0 saturated heterocycles. The zero-order valence-electron chi connectivity index (χ0n) is 14.2. The SMILES string of the molecule is CC(C)=CCC[C@@H](C)CCc1c(C)[nH]c2ccccc2c1=O. The Labute approximate surface area is 133 Å². The summed E-state index contributed by atoms with van der Waals surface area (Å²) < 4.78 is 0. The van der Waals surface area contributed by atoms with E-state index < -0.39 is 0 Å². The monoisotopic (exact) mass is 297 g/mol. The number of benzene rings is 1. The second-order valence-electron chi connectivity index (χ2n) is 6.61. The maximum atomic E-state index is 12.6. The van der Waals surface area contributed by atoms with Gasteiger partial charge in [0.15, 0.2) is 5.43 Å². The van der Waals surface area contributed by atoms with E-state index in [0.717, 1.165) is 41.4 Å². The fraction of sp³-hybridized carbons (Fsp3) is 0.450. The molecule has 2 rings (SSSR count). The van der Waals surface area contributed by atoms with E-state index in [1.54, 1.807) is 0 Å². The van der Waals surface area contributed by atoms with Crippen molar-refractivity contribution in [2.75, 3.05) is 0 Å². The van der Waals surface area contributed by atoms with Gasteiger partial charge in [0, 0.05) is 22.2 Å². The summed E-state index contributed by atoms with van der Waals surface area (Å²) in [7, 11) is 0. The Morgan fingerprint density at radius 1 is 1.23 bits per heavy atom. The molecule has 0 aliphatic carbocycles. The third-order valence-corrected chi connectivity index (χ3v) is 4.32. The van der Waals surface area contributed by atoms with E-state index in [1.165, 1.54) is 12.0 Å². The quantitative estimate of drug-likeness (QED) is 0.735. The first-order chi connectivity index (χ1) is 10.5. The number of fused-ring (bicyclic) bond motifs is 1.